The summed E-state index contributed by atoms with van der Waals surface area (Å²) < 4.78 is 35.7. The van der Waals surface area contributed by atoms with Crippen LogP contribution in [-0.4, -0.2) is 30.9 Å². The van der Waals surface area contributed by atoms with Crippen LogP contribution in [0.15, 0.2) is 41.0 Å². The van der Waals surface area contributed by atoms with Crippen molar-refractivity contribution in [1.82, 2.24) is 5.32 Å². The summed E-state index contributed by atoms with van der Waals surface area (Å²) in [5.41, 5.74) is -0.373. The Balaban J connectivity index is 1.74. The molecule has 0 saturated carbocycles. The molecule has 9 heteroatoms. The lowest BCUT2D eigenvalue weighted by atomic mass is 10.3. The molecule has 1 heterocycles. The fourth-order valence-electron chi connectivity index (χ4n) is 1.62. The molecule has 1 aromatic carbocycles. The second-order valence-corrected chi connectivity index (χ2v) is 4.49. The lowest BCUT2D eigenvalue weighted by Crippen LogP contribution is -2.32. The number of esters is 1. The normalized spacial score (nSPS) is 10.1. The highest BCUT2D eigenvalue weighted by molar-refractivity contribution is 5.95. The first kappa shape index (κ1) is 17.1. The molecule has 0 aliphatic rings. The predicted octanol–water partition coefficient (Wildman–Crippen LogP) is 1.47. The van der Waals surface area contributed by atoms with Crippen molar-refractivity contribution >= 4 is 23.5 Å². The van der Waals surface area contributed by atoms with Crippen LogP contribution in [0, 0.1) is 11.6 Å². The van der Waals surface area contributed by atoms with Crippen molar-refractivity contribution in [2.45, 2.75) is 0 Å². The molecule has 0 radical (unpaired) electrons. The Morgan fingerprint density at radius 3 is 2.67 bits per heavy atom. The Morgan fingerprint density at radius 1 is 1.17 bits per heavy atom. The number of carbonyl (C=O) groups excluding carboxylic acids is 3. The minimum absolute atomic E-state index is 0.0159. The minimum Gasteiger partial charge on any atom is -0.459 e. The molecule has 0 unspecified atom stereocenters. The fraction of sp³-hybridized carbons (Fsp3) is 0.133. The van der Waals surface area contributed by atoms with E-state index in [4.69, 9.17) is 4.42 Å². The van der Waals surface area contributed by atoms with Crippen molar-refractivity contribution in [1.29, 1.82) is 0 Å². The van der Waals surface area contributed by atoms with Gasteiger partial charge in [-0.15, -0.1) is 0 Å². The van der Waals surface area contributed by atoms with Crippen LogP contribution in [0.1, 0.15) is 10.6 Å². The topological polar surface area (TPSA) is 97.6 Å². The summed E-state index contributed by atoms with van der Waals surface area (Å²) in [5, 5.41) is 4.29. The van der Waals surface area contributed by atoms with Gasteiger partial charge in [-0.3, -0.25) is 14.4 Å². The molecule has 0 saturated heterocycles. The lowest BCUT2D eigenvalue weighted by molar-refractivity contribution is -0.146. The number of anilines is 1. The van der Waals surface area contributed by atoms with E-state index in [1.54, 1.807) is 0 Å². The first-order valence-corrected chi connectivity index (χ1v) is 6.68. The van der Waals surface area contributed by atoms with Crippen LogP contribution < -0.4 is 10.6 Å². The maximum atomic E-state index is 13.3. The second kappa shape index (κ2) is 7.86. The summed E-state index contributed by atoms with van der Waals surface area (Å²) in [6, 6.07) is 5.44. The van der Waals surface area contributed by atoms with E-state index in [9.17, 15) is 23.2 Å². The van der Waals surface area contributed by atoms with E-state index >= 15 is 0 Å². The number of furan rings is 1. The Kier molecular flexibility index (Phi) is 5.61. The Bertz CT molecular complexity index is 746. The molecule has 126 valence electrons. The van der Waals surface area contributed by atoms with Crippen molar-refractivity contribution in [3.05, 3.63) is 54.0 Å². The molecule has 0 aliphatic carbocycles. The molecule has 2 aromatic rings. The maximum Gasteiger partial charge on any atom is 0.325 e. The molecule has 2 rings (SSSR count). The summed E-state index contributed by atoms with van der Waals surface area (Å²) in [4.78, 5) is 34.4. The van der Waals surface area contributed by atoms with Gasteiger partial charge < -0.3 is 19.8 Å². The number of amides is 2. The first-order valence-electron chi connectivity index (χ1n) is 6.68. The molecule has 0 aliphatic heterocycles. The van der Waals surface area contributed by atoms with Crippen LogP contribution in [0.4, 0.5) is 14.5 Å². The quantitative estimate of drug-likeness (QED) is 0.778. The zero-order valence-electron chi connectivity index (χ0n) is 12.2. The molecule has 7 nitrogen and oxygen atoms in total. The van der Waals surface area contributed by atoms with Crippen molar-refractivity contribution in [3.63, 3.8) is 0 Å². The largest absolute Gasteiger partial charge is 0.459 e. The highest BCUT2D eigenvalue weighted by Crippen LogP contribution is 2.14. The molecule has 2 N–H and O–H groups in total. The summed E-state index contributed by atoms with van der Waals surface area (Å²) in [6.45, 7) is -1.20. The number of nitrogens with one attached hydrogen (secondary N) is 2. The van der Waals surface area contributed by atoms with Crippen molar-refractivity contribution < 1.29 is 32.3 Å². The van der Waals surface area contributed by atoms with Crippen LogP contribution in [-0.2, 0) is 14.3 Å². The highest BCUT2D eigenvalue weighted by Gasteiger charge is 2.13. The van der Waals surface area contributed by atoms with Crippen LogP contribution in [0.5, 0.6) is 0 Å². The first-order chi connectivity index (χ1) is 11.5. The van der Waals surface area contributed by atoms with Gasteiger partial charge in [0.2, 0.25) is 0 Å². The minimum atomic E-state index is -0.884. The van der Waals surface area contributed by atoms with Gasteiger partial charge in [0.1, 0.15) is 18.2 Å². The van der Waals surface area contributed by atoms with Crippen molar-refractivity contribution in [2.24, 2.45) is 0 Å². The Hall–Kier alpha value is -3.23. The summed E-state index contributed by atoms with van der Waals surface area (Å²) in [5.74, 6) is -3.91. The van der Waals surface area contributed by atoms with Gasteiger partial charge in [-0.2, -0.15) is 0 Å². The summed E-state index contributed by atoms with van der Waals surface area (Å²) in [6.07, 6.45) is 1.29. The molecule has 0 fully saturated rings. The Morgan fingerprint density at radius 2 is 1.96 bits per heavy atom. The standard InChI is InChI=1S/C15H12F2N2O5/c16-9-3-4-10(17)11(6-9)19-13(20)8-24-14(21)7-18-15(22)12-2-1-5-23-12/h1-6H,7-8H2,(H,18,22)(H,19,20). The monoisotopic (exact) mass is 338 g/mol. The lowest BCUT2D eigenvalue weighted by Gasteiger charge is -2.08. The van der Waals surface area contributed by atoms with Gasteiger partial charge in [0.15, 0.2) is 12.4 Å². The van der Waals surface area contributed by atoms with Gasteiger partial charge in [-0.25, -0.2) is 8.78 Å². The van der Waals surface area contributed by atoms with Crippen molar-refractivity contribution in [3.8, 4) is 0 Å². The van der Waals surface area contributed by atoms with Gasteiger partial charge in [0, 0.05) is 6.07 Å². The van der Waals surface area contributed by atoms with Crippen LogP contribution in [0.3, 0.4) is 0 Å². The van der Waals surface area contributed by atoms with Crippen LogP contribution in [0.2, 0.25) is 0 Å². The average molecular weight is 338 g/mol. The number of hydrogen-bond donors (Lipinski definition) is 2. The third kappa shape index (κ3) is 4.90. The highest BCUT2D eigenvalue weighted by atomic mass is 19.1. The third-order valence-corrected chi connectivity index (χ3v) is 2.70. The Labute approximate surface area is 134 Å². The van der Waals surface area contributed by atoms with Gasteiger partial charge in [-0.05, 0) is 24.3 Å². The number of carbonyl (C=O) groups is 3. The maximum absolute atomic E-state index is 13.3. The van der Waals surface area contributed by atoms with E-state index in [-0.39, 0.29) is 11.4 Å². The molecule has 2 amide bonds. The molecule has 1 aromatic heterocycles. The van der Waals surface area contributed by atoms with E-state index in [2.05, 4.69) is 15.4 Å². The number of halogens is 2. The molecule has 0 spiro atoms. The number of hydrogen-bond acceptors (Lipinski definition) is 5. The van der Waals surface area contributed by atoms with E-state index in [1.165, 1.54) is 18.4 Å². The molecule has 24 heavy (non-hydrogen) atoms. The van der Waals surface area contributed by atoms with Gasteiger partial charge >= 0.3 is 5.97 Å². The van der Waals surface area contributed by atoms with E-state index in [1.807, 2.05) is 0 Å². The fourth-order valence-corrected chi connectivity index (χ4v) is 1.62. The van der Waals surface area contributed by atoms with Gasteiger partial charge in [0.05, 0.1) is 12.0 Å². The van der Waals surface area contributed by atoms with E-state index in [0.717, 1.165) is 18.2 Å². The van der Waals surface area contributed by atoms with Crippen LogP contribution in [0.25, 0.3) is 0 Å². The van der Waals surface area contributed by atoms with E-state index < -0.39 is 42.6 Å². The predicted molar refractivity (Wildman–Crippen MR) is 77.0 cm³/mol. The number of ether oxygens (including phenoxy) is 1. The summed E-state index contributed by atoms with van der Waals surface area (Å²) in [7, 11) is 0. The zero-order valence-corrected chi connectivity index (χ0v) is 12.2. The summed E-state index contributed by atoms with van der Waals surface area (Å²) >= 11 is 0. The average Bonchev–Trinajstić information content (AvgIpc) is 3.08. The van der Waals surface area contributed by atoms with Gasteiger partial charge in [-0.1, -0.05) is 0 Å². The third-order valence-electron chi connectivity index (χ3n) is 2.70. The second-order valence-electron chi connectivity index (χ2n) is 4.49. The number of benzene rings is 1. The van der Waals surface area contributed by atoms with Crippen molar-refractivity contribution in [2.75, 3.05) is 18.5 Å². The SMILES string of the molecule is O=C(COC(=O)CNC(=O)c1ccco1)Nc1cc(F)ccc1F. The molecular formula is C15H12F2N2O5. The van der Waals surface area contributed by atoms with E-state index in [0.29, 0.717) is 0 Å². The number of rotatable bonds is 6. The van der Waals surface area contributed by atoms with Gasteiger partial charge in [0.25, 0.3) is 11.8 Å². The smallest absolute Gasteiger partial charge is 0.325 e. The zero-order chi connectivity index (χ0) is 17.5. The molecule has 0 bridgehead atoms. The van der Waals surface area contributed by atoms with Crippen LogP contribution >= 0.6 is 0 Å². The molecular weight excluding hydrogens is 326 g/mol. The molecule has 0 atom stereocenters.